The van der Waals surface area contributed by atoms with Gasteiger partial charge in [-0.25, -0.2) is 18.6 Å². The summed E-state index contributed by atoms with van der Waals surface area (Å²) in [5, 5.41) is 8.49. The molecule has 13 heavy (non-hydrogen) atoms. The minimum atomic E-state index is -2.62. The van der Waals surface area contributed by atoms with Crippen molar-refractivity contribution in [1.82, 2.24) is 4.98 Å². The van der Waals surface area contributed by atoms with Crippen molar-refractivity contribution in [3.8, 4) is 0 Å². The van der Waals surface area contributed by atoms with Crippen LogP contribution in [0.3, 0.4) is 0 Å². The molecule has 0 aromatic carbocycles. The highest BCUT2D eigenvalue weighted by atomic mass is 127. The van der Waals surface area contributed by atoms with Crippen LogP contribution >= 0.6 is 22.6 Å². The van der Waals surface area contributed by atoms with Crippen LogP contribution in [0.2, 0.25) is 0 Å². The monoisotopic (exact) mass is 299 g/mol. The normalized spacial score (nSPS) is 10.5. The van der Waals surface area contributed by atoms with Gasteiger partial charge in [-0.2, -0.15) is 0 Å². The average molecular weight is 299 g/mol. The Balaban J connectivity index is 3.13. The second-order valence-corrected chi connectivity index (χ2v) is 3.20. The van der Waals surface area contributed by atoms with E-state index in [9.17, 15) is 13.6 Å². The van der Waals surface area contributed by atoms with E-state index in [-0.39, 0.29) is 15.0 Å². The van der Waals surface area contributed by atoms with E-state index in [1.54, 1.807) is 22.6 Å². The van der Waals surface area contributed by atoms with E-state index in [2.05, 4.69) is 4.98 Å². The summed E-state index contributed by atoms with van der Waals surface area (Å²) in [6.07, 6.45) is -2.62. The minimum Gasteiger partial charge on any atom is -0.477 e. The molecule has 6 heteroatoms. The molecule has 0 aliphatic rings. The second kappa shape index (κ2) is 3.95. The second-order valence-electron chi connectivity index (χ2n) is 2.18. The Kier molecular flexibility index (Phi) is 3.12. The van der Waals surface area contributed by atoms with Gasteiger partial charge in [-0.05, 0) is 34.7 Å². The molecule has 0 spiro atoms. The molecule has 1 aromatic heterocycles. The lowest BCUT2D eigenvalue weighted by atomic mass is 10.2. The van der Waals surface area contributed by atoms with Crippen molar-refractivity contribution in [3.05, 3.63) is 27.1 Å². The van der Waals surface area contributed by atoms with Crippen LogP contribution in [0.5, 0.6) is 0 Å². The number of pyridine rings is 1. The SMILES string of the molecule is O=C(O)c1ccc(C(F)F)c(I)n1. The maximum absolute atomic E-state index is 12.2. The first-order valence-electron chi connectivity index (χ1n) is 3.20. The molecule has 0 aliphatic carbocycles. The molecule has 1 N–H and O–H groups in total. The highest BCUT2D eigenvalue weighted by molar-refractivity contribution is 14.1. The first-order valence-corrected chi connectivity index (χ1v) is 4.28. The van der Waals surface area contributed by atoms with Gasteiger partial charge in [0.15, 0.2) is 0 Å². The fourth-order valence-electron chi connectivity index (χ4n) is 0.727. The summed E-state index contributed by atoms with van der Waals surface area (Å²) in [6.45, 7) is 0. The van der Waals surface area contributed by atoms with Crippen molar-refractivity contribution in [2.45, 2.75) is 6.43 Å². The van der Waals surface area contributed by atoms with Gasteiger partial charge < -0.3 is 5.11 Å². The Morgan fingerprint density at radius 1 is 1.54 bits per heavy atom. The minimum absolute atomic E-state index is 0.0208. The molecule has 0 saturated carbocycles. The van der Waals surface area contributed by atoms with E-state index in [1.807, 2.05) is 0 Å². The molecule has 70 valence electrons. The molecular formula is C7H4F2INO2. The lowest BCUT2D eigenvalue weighted by Crippen LogP contribution is -2.03. The Labute approximate surface area is 85.9 Å². The number of carboxylic acid groups (broad SMARTS) is 1. The van der Waals surface area contributed by atoms with E-state index in [0.717, 1.165) is 12.1 Å². The standard InChI is InChI=1S/C7H4F2INO2/c8-5(9)3-1-2-4(7(12)13)11-6(3)10/h1-2,5H,(H,12,13). The molecular weight excluding hydrogens is 295 g/mol. The molecule has 0 bridgehead atoms. The van der Waals surface area contributed by atoms with Crippen molar-refractivity contribution >= 4 is 28.6 Å². The van der Waals surface area contributed by atoms with Crippen molar-refractivity contribution < 1.29 is 18.7 Å². The molecule has 0 aliphatic heterocycles. The molecule has 1 heterocycles. The van der Waals surface area contributed by atoms with Crippen LogP contribution in [0.15, 0.2) is 12.1 Å². The van der Waals surface area contributed by atoms with Gasteiger partial charge >= 0.3 is 5.97 Å². The number of hydrogen-bond acceptors (Lipinski definition) is 2. The lowest BCUT2D eigenvalue weighted by molar-refractivity contribution is 0.0689. The number of aromatic nitrogens is 1. The van der Waals surface area contributed by atoms with Gasteiger partial charge in [0.1, 0.15) is 9.39 Å². The van der Waals surface area contributed by atoms with Gasteiger partial charge in [-0.1, -0.05) is 0 Å². The Hall–Kier alpha value is -0.790. The van der Waals surface area contributed by atoms with Gasteiger partial charge in [0.05, 0.1) is 0 Å². The fraction of sp³-hybridized carbons (Fsp3) is 0.143. The largest absolute Gasteiger partial charge is 0.477 e. The topological polar surface area (TPSA) is 50.2 Å². The number of aromatic carboxylic acids is 1. The molecule has 0 saturated heterocycles. The van der Waals surface area contributed by atoms with Crippen molar-refractivity contribution in [1.29, 1.82) is 0 Å². The highest BCUT2D eigenvalue weighted by Gasteiger charge is 2.14. The molecule has 1 aromatic rings. The summed E-state index contributed by atoms with van der Waals surface area (Å²) in [5.41, 5.74) is -0.473. The molecule has 0 unspecified atom stereocenters. The number of nitrogens with zero attached hydrogens (tertiary/aromatic N) is 1. The van der Waals surface area contributed by atoms with E-state index in [1.165, 1.54) is 0 Å². The van der Waals surface area contributed by atoms with E-state index in [4.69, 9.17) is 5.11 Å². The summed E-state index contributed by atoms with van der Waals surface area (Å²) in [4.78, 5) is 13.9. The third kappa shape index (κ3) is 2.33. The van der Waals surface area contributed by atoms with Crippen molar-refractivity contribution in [3.63, 3.8) is 0 Å². The summed E-state index contributed by atoms with van der Waals surface area (Å²) >= 11 is 1.58. The van der Waals surface area contributed by atoms with E-state index >= 15 is 0 Å². The molecule has 0 fully saturated rings. The lowest BCUT2D eigenvalue weighted by Gasteiger charge is -2.02. The Morgan fingerprint density at radius 2 is 2.15 bits per heavy atom. The van der Waals surface area contributed by atoms with Crippen LogP contribution < -0.4 is 0 Å². The number of carbonyl (C=O) groups is 1. The van der Waals surface area contributed by atoms with Crippen molar-refractivity contribution in [2.75, 3.05) is 0 Å². The first-order chi connectivity index (χ1) is 6.02. The number of rotatable bonds is 2. The van der Waals surface area contributed by atoms with Gasteiger partial charge in [0.25, 0.3) is 6.43 Å². The van der Waals surface area contributed by atoms with E-state index in [0.29, 0.717) is 0 Å². The van der Waals surface area contributed by atoms with Crippen LogP contribution in [0.25, 0.3) is 0 Å². The number of alkyl halides is 2. The molecule has 1 rings (SSSR count). The van der Waals surface area contributed by atoms with Crippen molar-refractivity contribution in [2.24, 2.45) is 0 Å². The molecule has 0 radical (unpaired) electrons. The third-order valence-corrected chi connectivity index (χ3v) is 2.20. The van der Waals surface area contributed by atoms with E-state index < -0.39 is 12.4 Å². The number of halogens is 3. The zero-order chi connectivity index (χ0) is 10.0. The smallest absolute Gasteiger partial charge is 0.354 e. The highest BCUT2D eigenvalue weighted by Crippen LogP contribution is 2.22. The summed E-state index contributed by atoms with van der Waals surface area (Å²) in [6, 6.07) is 2.13. The van der Waals surface area contributed by atoms with Crippen LogP contribution in [-0.2, 0) is 0 Å². The van der Waals surface area contributed by atoms with Gasteiger partial charge in [0, 0.05) is 5.56 Å². The third-order valence-electron chi connectivity index (χ3n) is 1.33. The summed E-state index contributed by atoms with van der Waals surface area (Å²) in [7, 11) is 0. The van der Waals surface area contributed by atoms with Crippen LogP contribution in [0.1, 0.15) is 22.5 Å². The molecule has 0 amide bonds. The fourth-order valence-corrected chi connectivity index (χ4v) is 1.40. The average Bonchev–Trinajstić information content (AvgIpc) is 2.03. The maximum atomic E-state index is 12.2. The number of carboxylic acids is 1. The maximum Gasteiger partial charge on any atom is 0.354 e. The Bertz CT molecular complexity index is 343. The van der Waals surface area contributed by atoms with Crippen LogP contribution in [-0.4, -0.2) is 16.1 Å². The summed E-state index contributed by atoms with van der Waals surface area (Å²) < 4.78 is 24.4. The summed E-state index contributed by atoms with van der Waals surface area (Å²) in [5.74, 6) is -1.22. The van der Waals surface area contributed by atoms with Gasteiger partial charge in [-0.3, -0.25) is 0 Å². The zero-order valence-electron chi connectivity index (χ0n) is 6.17. The van der Waals surface area contributed by atoms with Gasteiger partial charge in [-0.15, -0.1) is 0 Å². The molecule has 3 nitrogen and oxygen atoms in total. The van der Waals surface area contributed by atoms with Gasteiger partial charge in [0.2, 0.25) is 0 Å². The van der Waals surface area contributed by atoms with Crippen LogP contribution in [0, 0.1) is 3.70 Å². The van der Waals surface area contributed by atoms with Crippen LogP contribution in [0.4, 0.5) is 8.78 Å². The predicted octanol–water partition coefficient (Wildman–Crippen LogP) is 2.32. The quantitative estimate of drug-likeness (QED) is 0.673. The Morgan fingerprint density at radius 3 is 2.54 bits per heavy atom. The molecule has 0 atom stereocenters. The zero-order valence-corrected chi connectivity index (χ0v) is 8.33. The first kappa shape index (κ1) is 10.3. The predicted molar refractivity (Wildman–Crippen MR) is 48.9 cm³/mol. The number of hydrogen-bond donors (Lipinski definition) is 1.